The number of nitrogens with zero attached hydrogens (tertiary/aromatic N) is 2. The standard InChI is InChI=1S/C14H19N3O3/c1-2-15-14(20)12-8-11(3-5-16-12)17-6-4-10(9-17)7-13(18)19/h3,5,8,10H,2,4,6-7,9H2,1H3,(H,15,20)(H,18,19). The first-order valence-corrected chi connectivity index (χ1v) is 6.81. The Hall–Kier alpha value is -2.11. The number of hydrogen-bond acceptors (Lipinski definition) is 4. The van der Waals surface area contributed by atoms with E-state index in [4.69, 9.17) is 5.11 Å². The van der Waals surface area contributed by atoms with Gasteiger partial charge in [0.2, 0.25) is 0 Å². The summed E-state index contributed by atoms with van der Waals surface area (Å²) in [6, 6.07) is 3.61. The Labute approximate surface area is 117 Å². The molecule has 0 bridgehead atoms. The highest BCUT2D eigenvalue weighted by Gasteiger charge is 2.25. The Morgan fingerprint density at radius 2 is 2.35 bits per heavy atom. The fourth-order valence-corrected chi connectivity index (χ4v) is 2.47. The quantitative estimate of drug-likeness (QED) is 0.843. The third-order valence-electron chi connectivity index (χ3n) is 3.43. The smallest absolute Gasteiger partial charge is 0.303 e. The number of carbonyl (C=O) groups excluding carboxylic acids is 1. The van der Waals surface area contributed by atoms with Gasteiger partial charge in [-0.2, -0.15) is 0 Å². The van der Waals surface area contributed by atoms with Crippen molar-refractivity contribution in [3.63, 3.8) is 0 Å². The molecule has 1 aliphatic rings. The first-order chi connectivity index (χ1) is 9.60. The zero-order chi connectivity index (χ0) is 14.5. The molecule has 20 heavy (non-hydrogen) atoms. The molecule has 6 heteroatoms. The van der Waals surface area contributed by atoms with E-state index < -0.39 is 5.97 Å². The second-order valence-corrected chi connectivity index (χ2v) is 4.96. The van der Waals surface area contributed by atoms with Crippen LogP contribution in [-0.2, 0) is 4.79 Å². The average Bonchev–Trinajstić information content (AvgIpc) is 2.87. The summed E-state index contributed by atoms with van der Waals surface area (Å²) in [5, 5.41) is 11.5. The maximum atomic E-state index is 11.8. The van der Waals surface area contributed by atoms with E-state index in [1.807, 2.05) is 13.0 Å². The first kappa shape index (κ1) is 14.3. The molecule has 0 saturated carbocycles. The molecular weight excluding hydrogens is 258 g/mol. The maximum Gasteiger partial charge on any atom is 0.303 e. The van der Waals surface area contributed by atoms with E-state index >= 15 is 0 Å². The Bertz CT molecular complexity index is 504. The number of pyridine rings is 1. The van der Waals surface area contributed by atoms with Crippen molar-refractivity contribution in [3.05, 3.63) is 24.0 Å². The highest BCUT2D eigenvalue weighted by atomic mass is 16.4. The molecule has 0 aromatic carbocycles. The van der Waals surface area contributed by atoms with E-state index in [0.29, 0.717) is 18.8 Å². The molecule has 1 atom stereocenters. The topological polar surface area (TPSA) is 82.5 Å². The van der Waals surface area contributed by atoms with Gasteiger partial charge in [-0.1, -0.05) is 0 Å². The second-order valence-electron chi connectivity index (χ2n) is 4.96. The fraction of sp³-hybridized carbons (Fsp3) is 0.500. The molecular formula is C14H19N3O3. The maximum absolute atomic E-state index is 11.8. The summed E-state index contributed by atoms with van der Waals surface area (Å²) in [5.41, 5.74) is 1.32. The molecule has 108 valence electrons. The van der Waals surface area contributed by atoms with Crippen molar-refractivity contribution in [2.45, 2.75) is 19.8 Å². The van der Waals surface area contributed by atoms with Crippen LogP contribution in [-0.4, -0.2) is 41.6 Å². The number of hydrogen-bond donors (Lipinski definition) is 2. The first-order valence-electron chi connectivity index (χ1n) is 6.81. The zero-order valence-electron chi connectivity index (χ0n) is 11.5. The van der Waals surface area contributed by atoms with E-state index in [1.54, 1.807) is 12.3 Å². The number of carboxylic acid groups (broad SMARTS) is 1. The summed E-state index contributed by atoms with van der Waals surface area (Å²) in [4.78, 5) is 28.7. The Morgan fingerprint density at radius 3 is 3.05 bits per heavy atom. The average molecular weight is 277 g/mol. The minimum atomic E-state index is -0.755. The molecule has 0 spiro atoms. The lowest BCUT2D eigenvalue weighted by Gasteiger charge is -2.18. The molecule has 1 saturated heterocycles. The molecule has 1 aromatic rings. The molecule has 0 aliphatic carbocycles. The molecule has 1 aliphatic heterocycles. The molecule has 2 N–H and O–H groups in total. The van der Waals surface area contributed by atoms with Crippen LogP contribution in [0, 0.1) is 5.92 Å². The zero-order valence-corrected chi connectivity index (χ0v) is 11.5. The minimum absolute atomic E-state index is 0.175. The predicted molar refractivity (Wildman–Crippen MR) is 74.8 cm³/mol. The van der Waals surface area contributed by atoms with Gasteiger partial charge in [0.25, 0.3) is 5.91 Å². The van der Waals surface area contributed by atoms with Crippen molar-refractivity contribution in [1.82, 2.24) is 10.3 Å². The Morgan fingerprint density at radius 1 is 1.55 bits per heavy atom. The predicted octanol–water partition coefficient (Wildman–Crippen LogP) is 1.13. The van der Waals surface area contributed by atoms with Crippen molar-refractivity contribution in [2.75, 3.05) is 24.5 Å². The molecule has 1 fully saturated rings. The minimum Gasteiger partial charge on any atom is -0.481 e. The highest BCUT2D eigenvalue weighted by molar-refractivity contribution is 5.93. The van der Waals surface area contributed by atoms with Gasteiger partial charge in [-0.15, -0.1) is 0 Å². The second kappa shape index (κ2) is 6.36. The SMILES string of the molecule is CCNC(=O)c1cc(N2CCC(CC(=O)O)C2)ccn1. The summed E-state index contributed by atoms with van der Waals surface area (Å²) in [7, 11) is 0. The number of aliphatic carboxylic acids is 1. The van der Waals surface area contributed by atoms with Crippen LogP contribution in [0.3, 0.4) is 0 Å². The Balaban J connectivity index is 2.05. The van der Waals surface area contributed by atoms with Crippen molar-refractivity contribution < 1.29 is 14.7 Å². The van der Waals surface area contributed by atoms with Crippen LogP contribution in [0.25, 0.3) is 0 Å². The number of amides is 1. The van der Waals surface area contributed by atoms with Gasteiger partial charge in [0, 0.05) is 37.9 Å². The van der Waals surface area contributed by atoms with Crippen molar-refractivity contribution in [1.29, 1.82) is 0 Å². The van der Waals surface area contributed by atoms with Crippen LogP contribution in [0.5, 0.6) is 0 Å². The lowest BCUT2D eigenvalue weighted by molar-refractivity contribution is -0.137. The third kappa shape index (κ3) is 3.46. The number of aromatic nitrogens is 1. The number of rotatable bonds is 5. The van der Waals surface area contributed by atoms with E-state index in [1.165, 1.54) is 0 Å². The van der Waals surface area contributed by atoms with Gasteiger partial charge < -0.3 is 15.3 Å². The number of carbonyl (C=O) groups is 2. The lowest BCUT2D eigenvalue weighted by atomic mass is 10.1. The van der Waals surface area contributed by atoms with Crippen molar-refractivity contribution in [3.8, 4) is 0 Å². The van der Waals surface area contributed by atoms with Gasteiger partial charge >= 0.3 is 5.97 Å². The molecule has 6 nitrogen and oxygen atoms in total. The van der Waals surface area contributed by atoms with Crippen molar-refractivity contribution >= 4 is 17.6 Å². The van der Waals surface area contributed by atoms with Crippen LogP contribution in [0.4, 0.5) is 5.69 Å². The van der Waals surface area contributed by atoms with Gasteiger partial charge in [-0.05, 0) is 31.4 Å². The molecule has 1 amide bonds. The van der Waals surface area contributed by atoms with Gasteiger partial charge in [-0.25, -0.2) is 0 Å². The highest BCUT2D eigenvalue weighted by Crippen LogP contribution is 2.25. The third-order valence-corrected chi connectivity index (χ3v) is 3.43. The number of nitrogens with one attached hydrogen (secondary N) is 1. The molecule has 1 unspecified atom stereocenters. The molecule has 2 heterocycles. The summed E-state index contributed by atoms with van der Waals surface area (Å²) in [5.74, 6) is -0.765. The van der Waals surface area contributed by atoms with Crippen LogP contribution < -0.4 is 10.2 Å². The lowest BCUT2D eigenvalue weighted by Crippen LogP contribution is -2.25. The number of anilines is 1. The molecule has 1 aromatic heterocycles. The summed E-state index contributed by atoms with van der Waals surface area (Å²) < 4.78 is 0. The van der Waals surface area contributed by atoms with Gasteiger partial charge in [-0.3, -0.25) is 14.6 Å². The fourth-order valence-electron chi connectivity index (χ4n) is 2.47. The van der Waals surface area contributed by atoms with Gasteiger partial charge in [0.05, 0.1) is 0 Å². The van der Waals surface area contributed by atoms with Crippen LogP contribution >= 0.6 is 0 Å². The Kier molecular flexibility index (Phi) is 4.55. The van der Waals surface area contributed by atoms with Gasteiger partial charge in [0.1, 0.15) is 5.69 Å². The van der Waals surface area contributed by atoms with Crippen LogP contribution in [0.15, 0.2) is 18.3 Å². The molecule has 2 rings (SSSR count). The summed E-state index contributed by atoms with van der Waals surface area (Å²) in [6.07, 6.45) is 2.68. The normalized spacial score (nSPS) is 18.1. The summed E-state index contributed by atoms with van der Waals surface area (Å²) >= 11 is 0. The summed E-state index contributed by atoms with van der Waals surface area (Å²) in [6.45, 7) is 3.95. The van der Waals surface area contributed by atoms with E-state index in [-0.39, 0.29) is 18.2 Å². The van der Waals surface area contributed by atoms with E-state index in [0.717, 1.165) is 18.7 Å². The van der Waals surface area contributed by atoms with Gasteiger partial charge in [0.15, 0.2) is 0 Å². The number of carboxylic acids is 1. The van der Waals surface area contributed by atoms with Crippen LogP contribution in [0.2, 0.25) is 0 Å². The van der Waals surface area contributed by atoms with E-state index in [2.05, 4.69) is 15.2 Å². The van der Waals surface area contributed by atoms with Crippen molar-refractivity contribution in [2.24, 2.45) is 5.92 Å². The largest absolute Gasteiger partial charge is 0.481 e. The van der Waals surface area contributed by atoms with E-state index in [9.17, 15) is 9.59 Å². The molecule has 0 radical (unpaired) electrons. The monoisotopic (exact) mass is 277 g/mol. The van der Waals surface area contributed by atoms with Crippen LogP contribution in [0.1, 0.15) is 30.3 Å².